The average molecular weight is 490 g/mol. The van der Waals surface area contributed by atoms with E-state index >= 15 is 0 Å². The molecule has 10 heteroatoms. The molecule has 0 atom stereocenters. The van der Waals surface area contributed by atoms with E-state index in [9.17, 15) is 14.4 Å². The number of morpholine rings is 1. The zero-order chi connectivity index (χ0) is 22.0. The van der Waals surface area contributed by atoms with Crippen molar-refractivity contribution in [1.29, 1.82) is 0 Å². The van der Waals surface area contributed by atoms with E-state index in [4.69, 9.17) is 13.9 Å². The summed E-state index contributed by atoms with van der Waals surface area (Å²) in [5.74, 6) is 0.00106. The van der Waals surface area contributed by atoms with Gasteiger partial charge in [0.15, 0.2) is 0 Å². The maximum Gasteiger partial charge on any atom is 0.335 e. The van der Waals surface area contributed by atoms with Gasteiger partial charge in [-0.25, -0.2) is 9.69 Å². The van der Waals surface area contributed by atoms with Crippen LogP contribution in [0.25, 0.3) is 6.08 Å². The SMILES string of the molecule is CCOc1ccc(N2C(=O)NC(=O)/C(=C\c3cc(Br)c(N4CCOCC4)o3)C2=O)cc1. The second kappa shape index (κ2) is 8.94. The summed E-state index contributed by atoms with van der Waals surface area (Å²) >= 11 is 3.46. The van der Waals surface area contributed by atoms with Crippen molar-refractivity contribution in [2.24, 2.45) is 0 Å². The average Bonchev–Trinajstić information content (AvgIpc) is 3.13. The lowest BCUT2D eigenvalue weighted by Crippen LogP contribution is -2.54. The number of hydrogen-bond donors (Lipinski definition) is 1. The van der Waals surface area contributed by atoms with Crippen LogP contribution >= 0.6 is 15.9 Å². The molecular formula is C21H20BrN3O6. The van der Waals surface area contributed by atoms with Crippen LogP contribution in [0.4, 0.5) is 16.4 Å². The molecule has 2 fully saturated rings. The lowest BCUT2D eigenvalue weighted by molar-refractivity contribution is -0.122. The number of carbonyl (C=O) groups excluding carboxylic acids is 3. The van der Waals surface area contributed by atoms with Gasteiger partial charge in [0.1, 0.15) is 17.1 Å². The molecule has 0 spiro atoms. The number of nitrogens with one attached hydrogen (secondary N) is 1. The second-order valence-corrected chi connectivity index (χ2v) is 7.64. The van der Waals surface area contributed by atoms with E-state index in [0.717, 1.165) is 4.90 Å². The Balaban J connectivity index is 1.62. The molecule has 0 unspecified atom stereocenters. The fraction of sp³-hybridized carbons (Fsp3) is 0.286. The number of barbiturate groups is 1. The van der Waals surface area contributed by atoms with Gasteiger partial charge < -0.3 is 18.8 Å². The highest BCUT2D eigenvalue weighted by Gasteiger charge is 2.37. The highest BCUT2D eigenvalue weighted by molar-refractivity contribution is 9.10. The first-order valence-corrected chi connectivity index (χ1v) is 10.5. The fourth-order valence-electron chi connectivity index (χ4n) is 3.32. The summed E-state index contributed by atoms with van der Waals surface area (Å²) < 4.78 is 17.3. The van der Waals surface area contributed by atoms with Gasteiger partial charge in [0, 0.05) is 19.2 Å². The van der Waals surface area contributed by atoms with Gasteiger partial charge in [-0.3, -0.25) is 14.9 Å². The quantitative estimate of drug-likeness (QED) is 0.508. The van der Waals surface area contributed by atoms with Crippen LogP contribution in [0, 0.1) is 0 Å². The van der Waals surface area contributed by atoms with E-state index in [-0.39, 0.29) is 5.57 Å². The minimum absolute atomic E-state index is 0.205. The monoisotopic (exact) mass is 489 g/mol. The number of nitrogens with zero attached hydrogens (tertiary/aromatic N) is 2. The van der Waals surface area contributed by atoms with Gasteiger partial charge in [-0.05, 0) is 53.2 Å². The van der Waals surface area contributed by atoms with Crippen LogP contribution in [0.5, 0.6) is 5.75 Å². The number of benzene rings is 1. The number of anilines is 2. The van der Waals surface area contributed by atoms with Crippen LogP contribution in [0.15, 0.2) is 44.8 Å². The van der Waals surface area contributed by atoms with Crippen molar-refractivity contribution in [1.82, 2.24) is 5.32 Å². The van der Waals surface area contributed by atoms with Crippen molar-refractivity contribution in [3.63, 3.8) is 0 Å². The molecular weight excluding hydrogens is 470 g/mol. The van der Waals surface area contributed by atoms with Crippen LogP contribution in [0.3, 0.4) is 0 Å². The number of amides is 4. The minimum atomic E-state index is -0.814. The third kappa shape index (κ3) is 4.35. The fourth-order valence-corrected chi connectivity index (χ4v) is 3.88. The lowest BCUT2D eigenvalue weighted by atomic mass is 10.1. The Morgan fingerprint density at radius 2 is 1.87 bits per heavy atom. The third-order valence-corrected chi connectivity index (χ3v) is 5.35. The van der Waals surface area contributed by atoms with Crippen molar-refractivity contribution in [3.8, 4) is 5.75 Å². The molecule has 2 aromatic rings. The summed E-state index contributed by atoms with van der Waals surface area (Å²) in [6.07, 6.45) is 1.33. The molecule has 1 aromatic carbocycles. The molecule has 162 valence electrons. The summed E-state index contributed by atoms with van der Waals surface area (Å²) in [5.41, 5.74) is 0.113. The van der Waals surface area contributed by atoms with Gasteiger partial charge in [-0.1, -0.05) is 0 Å². The van der Waals surface area contributed by atoms with E-state index in [1.165, 1.54) is 6.08 Å². The Bertz CT molecular complexity index is 1040. The van der Waals surface area contributed by atoms with Crippen LogP contribution in [0.2, 0.25) is 0 Å². The van der Waals surface area contributed by atoms with E-state index in [0.29, 0.717) is 60.5 Å². The van der Waals surface area contributed by atoms with Crippen molar-refractivity contribution in [2.45, 2.75) is 6.92 Å². The molecule has 3 heterocycles. The van der Waals surface area contributed by atoms with Crippen molar-refractivity contribution < 1.29 is 28.3 Å². The van der Waals surface area contributed by atoms with Crippen molar-refractivity contribution in [2.75, 3.05) is 42.7 Å². The van der Waals surface area contributed by atoms with E-state index in [1.54, 1.807) is 30.3 Å². The van der Waals surface area contributed by atoms with Crippen molar-refractivity contribution >= 4 is 51.4 Å². The Hall–Kier alpha value is -3.11. The minimum Gasteiger partial charge on any atom is -0.494 e. The molecule has 2 aliphatic heterocycles. The zero-order valence-corrected chi connectivity index (χ0v) is 18.3. The van der Waals surface area contributed by atoms with Gasteiger partial charge >= 0.3 is 6.03 Å². The molecule has 0 bridgehead atoms. The van der Waals surface area contributed by atoms with E-state index in [1.807, 2.05) is 11.8 Å². The summed E-state index contributed by atoms with van der Waals surface area (Å²) in [6.45, 7) is 4.86. The maximum atomic E-state index is 13.0. The van der Waals surface area contributed by atoms with Crippen molar-refractivity contribution in [3.05, 3.63) is 46.1 Å². The predicted molar refractivity (Wildman–Crippen MR) is 116 cm³/mol. The zero-order valence-electron chi connectivity index (χ0n) is 16.7. The first kappa shape index (κ1) is 21.1. The normalized spacial score (nSPS) is 18.5. The molecule has 1 aromatic heterocycles. The first-order valence-electron chi connectivity index (χ1n) is 9.74. The van der Waals surface area contributed by atoms with E-state index < -0.39 is 17.8 Å². The first-order chi connectivity index (χ1) is 15.0. The highest BCUT2D eigenvalue weighted by atomic mass is 79.9. The number of imide groups is 2. The molecule has 9 nitrogen and oxygen atoms in total. The largest absolute Gasteiger partial charge is 0.494 e. The Labute approximate surface area is 186 Å². The number of urea groups is 1. The number of furan rings is 1. The molecule has 4 rings (SSSR count). The molecule has 4 amide bonds. The lowest BCUT2D eigenvalue weighted by Gasteiger charge is -2.27. The maximum absolute atomic E-state index is 13.0. The van der Waals surface area contributed by atoms with Gasteiger partial charge in [-0.15, -0.1) is 0 Å². The molecule has 2 aliphatic rings. The number of rotatable bonds is 5. The topological polar surface area (TPSA) is 101 Å². The molecule has 0 saturated carbocycles. The predicted octanol–water partition coefficient (Wildman–Crippen LogP) is 2.94. The van der Waals surface area contributed by atoms with Crippen LogP contribution in [-0.4, -0.2) is 50.8 Å². The Kier molecular flexibility index (Phi) is 6.10. The highest BCUT2D eigenvalue weighted by Crippen LogP contribution is 2.32. The molecule has 0 radical (unpaired) electrons. The van der Waals surface area contributed by atoms with Crippen LogP contribution in [0.1, 0.15) is 12.7 Å². The molecule has 2 saturated heterocycles. The third-order valence-electron chi connectivity index (χ3n) is 4.78. The van der Waals surface area contributed by atoms with Crippen LogP contribution < -0.4 is 19.9 Å². The molecule has 1 N–H and O–H groups in total. The number of hydrogen-bond acceptors (Lipinski definition) is 7. The second-order valence-electron chi connectivity index (χ2n) is 6.79. The molecule has 0 aliphatic carbocycles. The summed E-state index contributed by atoms with van der Waals surface area (Å²) in [4.78, 5) is 40.7. The van der Waals surface area contributed by atoms with E-state index in [2.05, 4.69) is 21.2 Å². The number of carbonyl (C=O) groups is 3. The van der Waals surface area contributed by atoms with Crippen LogP contribution in [-0.2, 0) is 14.3 Å². The summed E-state index contributed by atoms with van der Waals surface area (Å²) in [5, 5.41) is 2.20. The Morgan fingerprint density at radius 1 is 1.16 bits per heavy atom. The Morgan fingerprint density at radius 3 is 2.55 bits per heavy atom. The van der Waals surface area contributed by atoms with Gasteiger partial charge in [0.25, 0.3) is 11.8 Å². The number of ether oxygens (including phenoxy) is 2. The molecule has 31 heavy (non-hydrogen) atoms. The van der Waals surface area contributed by atoms with Gasteiger partial charge in [0.2, 0.25) is 5.88 Å². The summed E-state index contributed by atoms with van der Waals surface area (Å²) in [7, 11) is 0. The van der Waals surface area contributed by atoms with Gasteiger partial charge in [-0.2, -0.15) is 0 Å². The smallest absolute Gasteiger partial charge is 0.335 e. The van der Waals surface area contributed by atoms with Gasteiger partial charge in [0.05, 0.1) is 30.0 Å². The number of halogens is 1. The standard InChI is InChI=1S/C21H20BrN3O6/c1-2-30-14-5-3-13(4-6-14)25-19(27)16(18(26)23-21(25)28)11-15-12-17(22)20(31-15)24-7-9-29-10-8-24/h3-6,11-12H,2,7-10H2,1H3,(H,23,26,28)/b16-11+. The summed E-state index contributed by atoms with van der Waals surface area (Å²) in [6, 6.07) is 7.32.